The van der Waals surface area contributed by atoms with Gasteiger partial charge in [0.2, 0.25) is 0 Å². The third-order valence-corrected chi connectivity index (χ3v) is 1.14. The van der Waals surface area contributed by atoms with E-state index in [0.29, 0.717) is 5.56 Å². The lowest BCUT2D eigenvalue weighted by atomic mass is 10.3. The minimum atomic E-state index is -0.552. The van der Waals surface area contributed by atoms with E-state index >= 15 is 0 Å². The van der Waals surface area contributed by atoms with Gasteiger partial charge in [0.1, 0.15) is 6.67 Å². The first-order chi connectivity index (χ1) is 5.34. The van der Waals surface area contributed by atoms with E-state index in [0.717, 1.165) is 0 Å². The monoisotopic (exact) mass is 157 g/mol. The molecule has 0 bridgehead atoms. The molecule has 11 heavy (non-hydrogen) atoms. The zero-order valence-electron chi connectivity index (χ0n) is 5.80. The van der Waals surface area contributed by atoms with Gasteiger partial charge in [-0.2, -0.15) is 5.10 Å². The predicted octanol–water partition coefficient (Wildman–Crippen LogP) is 0.109. The van der Waals surface area contributed by atoms with Gasteiger partial charge in [0, 0.05) is 12.7 Å². The highest BCUT2D eigenvalue weighted by Crippen LogP contribution is 1.91. The van der Waals surface area contributed by atoms with Crippen LogP contribution in [0.15, 0.2) is 12.4 Å². The number of carbonyl (C=O) groups excluding carboxylic acids is 1. The summed E-state index contributed by atoms with van der Waals surface area (Å²) in [5, 5.41) is 8.42. The summed E-state index contributed by atoms with van der Waals surface area (Å²) in [6.07, 6.45) is 2.83. The lowest BCUT2D eigenvalue weighted by Crippen LogP contribution is -2.24. The highest BCUT2D eigenvalue weighted by molar-refractivity contribution is 5.93. The van der Waals surface area contributed by atoms with Crippen molar-refractivity contribution in [1.29, 1.82) is 0 Å². The topological polar surface area (TPSA) is 57.8 Å². The van der Waals surface area contributed by atoms with E-state index in [9.17, 15) is 9.18 Å². The van der Waals surface area contributed by atoms with Gasteiger partial charge < -0.3 is 5.32 Å². The number of amides is 1. The average molecular weight is 157 g/mol. The summed E-state index contributed by atoms with van der Waals surface area (Å²) in [6, 6.07) is 0. The normalized spacial score (nSPS) is 9.55. The van der Waals surface area contributed by atoms with E-state index < -0.39 is 6.67 Å². The van der Waals surface area contributed by atoms with Gasteiger partial charge in [0.05, 0.1) is 11.8 Å². The molecule has 60 valence electrons. The van der Waals surface area contributed by atoms with Crippen molar-refractivity contribution in [2.24, 2.45) is 0 Å². The Balaban J connectivity index is 2.43. The maximum atomic E-state index is 11.6. The van der Waals surface area contributed by atoms with E-state index in [4.69, 9.17) is 0 Å². The number of carbonyl (C=O) groups is 1. The molecule has 0 aromatic carbocycles. The first-order valence-electron chi connectivity index (χ1n) is 3.17. The summed E-state index contributed by atoms with van der Waals surface area (Å²) in [5.41, 5.74) is 0.415. The molecule has 5 heteroatoms. The summed E-state index contributed by atoms with van der Waals surface area (Å²) >= 11 is 0. The largest absolute Gasteiger partial charge is 0.349 e. The van der Waals surface area contributed by atoms with Crippen LogP contribution in [0.1, 0.15) is 10.4 Å². The third-order valence-electron chi connectivity index (χ3n) is 1.14. The van der Waals surface area contributed by atoms with Gasteiger partial charge in [-0.25, -0.2) is 4.39 Å². The van der Waals surface area contributed by atoms with Gasteiger partial charge in [-0.05, 0) is 0 Å². The Kier molecular flexibility index (Phi) is 2.59. The fourth-order valence-electron chi connectivity index (χ4n) is 0.638. The van der Waals surface area contributed by atoms with Crippen LogP contribution in [0.25, 0.3) is 0 Å². The maximum Gasteiger partial charge on any atom is 0.254 e. The van der Waals surface area contributed by atoms with Crippen molar-refractivity contribution in [1.82, 2.24) is 15.5 Å². The molecule has 1 aromatic rings. The van der Waals surface area contributed by atoms with Crippen LogP contribution < -0.4 is 5.32 Å². The Bertz CT molecular complexity index is 222. The molecule has 0 atom stereocenters. The number of aromatic amines is 1. The number of H-pyrrole nitrogens is 1. The van der Waals surface area contributed by atoms with Gasteiger partial charge in [0.25, 0.3) is 5.91 Å². The lowest BCUT2D eigenvalue weighted by Gasteiger charge is -1.97. The zero-order valence-corrected chi connectivity index (χ0v) is 5.80. The average Bonchev–Trinajstić information content (AvgIpc) is 2.52. The molecule has 1 heterocycles. The molecule has 0 unspecified atom stereocenters. The SMILES string of the molecule is O=C(NCCF)c1cn[nH]c1. The van der Waals surface area contributed by atoms with Crippen LogP contribution in [-0.4, -0.2) is 29.3 Å². The van der Waals surface area contributed by atoms with Crippen molar-refractivity contribution < 1.29 is 9.18 Å². The van der Waals surface area contributed by atoms with Crippen LogP contribution in [0, 0.1) is 0 Å². The zero-order chi connectivity index (χ0) is 8.10. The number of nitrogens with zero attached hydrogens (tertiary/aromatic N) is 1. The molecule has 0 aliphatic heterocycles. The summed E-state index contributed by atoms with van der Waals surface area (Å²) in [6.45, 7) is -0.506. The van der Waals surface area contributed by atoms with Gasteiger partial charge >= 0.3 is 0 Å². The second-order valence-corrected chi connectivity index (χ2v) is 1.93. The highest BCUT2D eigenvalue weighted by atomic mass is 19.1. The molecule has 0 saturated heterocycles. The predicted molar refractivity (Wildman–Crippen MR) is 36.9 cm³/mol. The van der Waals surface area contributed by atoms with Crippen LogP contribution in [0.2, 0.25) is 0 Å². The van der Waals surface area contributed by atoms with Gasteiger partial charge in [-0.1, -0.05) is 0 Å². The standard InChI is InChI=1S/C6H8FN3O/c7-1-2-8-6(11)5-3-9-10-4-5/h3-4H,1-2H2,(H,8,11)(H,9,10). The molecule has 4 nitrogen and oxygen atoms in total. The molecule has 0 aliphatic carbocycles. The van der Waals surface area contributed by atoms with Gasteiger partial charge in [-0.15, -0.1) is 0 Å². The summed E-state index contributed by atoms with van der Waals surface area (Å²) in [5.74, 6) is -0.309. The lowest BCUT2D eigenvalue weighted by molar-refractivity contribution is 0.0951. The van der Waals surface area contributed by atoms with Crippen molar-refractivity contribution in [2.75, 3.05) is 13.2 Å². The van der Waals surface area contributed by atoms with Gasteiger partial charge in [-0.3, -0.25) is 9.89 Å². The highest BCUT2D eigenvalue weighted by Gasteiger charge is 2.03. The number of nitrogens with one attached hydrogen (secondary N) is 2. The van der Waals surface area contributed by atoms with E-state index in [2.05, 4.69) is 15.5 Å². The van der Waals surface area contributed by atoms with E-state index in [1.807, 2.05) is 0 Å². The number of halogens is 1. The fourth-order valence-corrected chi connectivity index (χ4v) is 0.638. The van der Waals surface area contributed by atoms with Crippen molar-refractivity contribution in [2.45, 2.75) is 0 Å². The molecule has 0 radical (unpaired) electrons. The van der Waals surface area contributed by atoms with Crippen LogP contribution in [-0.2, 0) is 0 Å². The van der Waals surface area contributed by atoms with Crippen molar-refractivity contribution in [3.8, 4) is 0 Å². The van der Waals surface area contributed by atoms with Crippen LogP contribution in [0.3, 0.4) is 0 Å². The minimum absolute atomic E-state index is 0.0456. The summed E-state index contributed by atoms with van der Waals surface area (Å²) in [4.78, 5) is 10.9. The quantitative estimate of drug-likeness (QED) is 0.654. The molecule has 0 aliphatic rings. The third kappa shape index (κ3) is 2.03. The summed E-state index contributed by atoms with van der Waals surface area (Å²) < 4.78 is 11.6. The van der Waals surface area contributed by atoms with Crippen molar-refractivity contribution >= 4 is 5.91 Å². The maximum absolute atomic E-state index is 11.6. The number of alkyl halides is 1. The van der Waals surface area contributed by atoms with Crippen LogP contribution >= 0.6 is 0 Å². The number of aromatic nitrogens is 2. The van der Waals surface area contributed by atoms with E-state index in [1.165, 1.54) is 12.4 Å². The Morgan fingerprint density at radius 2 is 2.64 bits per heavy atom. The molecule has 1 rings (SSSR count). The Hall–Kier alpha value is -1.39. The second-order valence-electron chi connectivity index (χ2n) is 1.93. The smallest absolute Gasteiger partial charge is 0.254 e. The van der Waals surface area contributed by atoms with E-state index in [-0.39, 0.29) is 12.5 Å². The van der Waals surface area contributed by atoms with Crippen LogP contribution in [0.4, 0.5) is 4.39 Å². The molecule has 1 aromatic heterocycles. The molecule has 2 N–H and O–H groups in total. The molecule has 0 fully saturated rings. The Morgan fingerprint density at radius 3 is 3.18 bits per heavy atom. The molecular weight excluding hydrogens is 149 g/mol. The fraction of sp³-hybridized carbons (Fsp3) is 0.333. The Morgan fingerprint density at radius 1 is 1.82 bits per heavy atom. The van der Waals surface area contributed by atoms with Crippen molar-refractivity contribution in [3.63, 3.8) is 0 Å². The minimum Gasteiger partial charge on any atom is -0.349 e. The number of hydrogen-bond donors (Lipinski definition) is 2. The van der Waals surface area contributed by atoms with Crippen molar-refractivity contribution in [3.05, 3.63) is 18.0 Å². The molecule has 1 amide bonds. The second kappa shape index (κ2) is 3.70. The van der Waals surface area contributed by atoms with Gasteiger partial charge in [0.15, 0.2) is 0 Å². The Labute approximate surface area is 62.8 Å². The first-order valence-corrected chi connectivity index (χ1v) is 3.17. The molecule has 0 saturated carbocycles. The summed E-state index contributed by atoms with van der Waals surface area (Å²) in [7, 11) is 0. The molecule has 0 spiro atoms. The number of rotatable bonds is 3. The first kappa shape index (κ1) is 7.71. The molecular formula is C6H8FN3O. The number of hydrogen-bond acceptors (Lipinski definition) is 2. The van der Waals surface area contributed by atoms with Crippen LogP contribution in [0.5, 0.6) is 0 Å². The van der Waals surface area contributed by atoms with E-state index in [1.54, 1.807) is 0 Å².